The van der Waals surface area contributed by atoms with Crippen molar-refractivity contribution in [3.05, 3.63) is 28.2 Å². The lowest BCUT2D eigenvalue weighted by Crippen LogP contribution is -2.43. The van der Waals surface area contributed by atoms with Gasteiger partial charge in [0.05, 0.1) is 29.8 Å². The summed E-state index contributed by atoms with van der Waals surface area (Å²) in [5.74, 6) is -0.291. The number of carbonyl (C=O) groups is 2. The summed E-state index contributed by atoms with van der Waals surface area (Å²) < 4.78 is 5.02. The average molecular weight is 359 g/mol. The molecule has 1 saturated heterocycles. The minimum absolute atomic E-state index is 0.0247. The maximum atomic E-state index is 12.2. The molecule has 1 amide bonds. The molecule has 2 rings (SSSR count). The van der Waals surface area contributed by atoms with Gasteiger partial charge in [-0.25, -0.2) is 0 Å². The van der Waals surface area contributed by atoms with Crippen molar-refractivity contribution in [3.63, 3.8) is 0 Å². The lowest BCUT2D eigenvalue weighted by Gasteiger charge is -2.31. The van der Waals surface area contributed by atoms with E-state index < -0.39 is 0 Å². The molecule has 0 aromatic heterocycles. The first-order chi connectivity index (χ1) is 11.0. The van der Waals surface area contributed by atoms with Crippen LogP contribution < -0.4 is 5.32 Å². The predicted octanol–water partition coefficient (Wildman–Crippen LogP) is 3.21. The molecule has 5 nitrogen and oxygen atoms in total. The van der Waals surface area contributed by atoms with Gasteiger partial charge in [-0.15, -0.1) is 0 Å². The smallest absolute Gasteiger partial charge is 0.309 e. The zero-order valence-electron chi connectivity index (χ0n) is 13.0. The molecule has 23 heavy (non-hydrogen) atoms. The van der Waals surface area contributed by atoms with Gasteiger partial charge in [0, 0.05) is 18.1 Å². The Labute approximate surface area is 145 Å². The van der Waals surface area contributed by atoms with Gasteiger partial charge in [0.2, 0.25) is 5.91 Å². The van der Waals surface area contributed by atoms with Crippen LogP contribution in [0.2, 0.25) is 10.0 Å². The van der Waals surface area contributed by atoms with Crippen molar-refractivity contribution < 1.29 is 14.3 Å². The molecule has 1 aliphatic heterocycles. The molecule has 1 aromatic rings. The summed E-state index contributed by atoms with van der Waals surface area (Å²) in [7, 11) is 0. The molecule has 7 heteroatoms. The van der Waals surface area contributed by atoms with Crippen LogP contribution in [-0.4, -0.2) is 43.0 Å². The van der Waals surface area contributed by atoms with Crippen molar-refractivity contribution in [1.29, 1.82) is 0 Å². The van der Waals surface area contributed by atoms with Gasteiger partial charge in [-0.3, -0.25) is 9.59 Å². The molecule has 1 aromatic carbocycles. The molecule has 1 N–H and O–H groups in total. The first-order valence-electron chi connectivity index (χ1n) is 7.64. The SMILES string of the molecule is CCOC(=O)C1CCN(C(=O)CNc2cc(Cl)ccc2Cl)CC1. The largest absolute Gasteiger partial charge is 0.466 e. The van der Waals surface area contributed by atoms with Crippen LogP contribution in [0.4, 0.5) is 5.69 Å². The number of halogens is 2. The predicted molar refractivity (Wildman–Crippen MR) is 90.9 cm³/mol. The third-order valence-corrected chi connectivity index (χ3v) is 4.39. The van der Waals surface area contributed by atoms with Gasteiger partial charge in [-0.1, -0.05) is 23.2 Å². The summed E-state index contributed by atoms with van der Waals surface area (Å²) in [6.45, 7) is 3.45. The van der Waals surface area contributed by atoms with Crippen molar-refractivity contribution in [2.75, 3.05) is 31.6 Å². The normalized spacial score (nSPS) is 15.3. The van der Waals surface area contributed by atoms with Crippen LogP contribution in [0.15, 0.2) is 18.2 Å². The van der Waals surface area contributed by atoms with Crippen LogP contribution in [-0.2, 0) is 14.3 Å². The van der Waals surface area contributed by atoms with E-state index in [9.17, 15) is 9.59 Å². The minimum atomic E-state index is -0.163. The van der Waals surface area contributed by atoms with Gasteiger partial charge < -0.3 is 15.0 Å². The first kappa shape index (κ1) is 17.9. The number of carbonyl (C=O) groups excluding carboxylic acids is 2. The molecule has 126 valence electrons. The van der Waals surface area contributed by atoms with Gasteiger partial charge in [0.1, 0.15) is 0 Å². The molecule has 0 bridgehead atoms. The molecule has 0 aliphatic carbocycles. The highest BCUT2D eigenvalue weighted by molar-refractivity contribution is 6.35. The summed E-state index contributed by atoms with van der Waals surface area (Å²) >= 11 is 12.0. The molecule has 0 atom stereocenters. The highest BCUT2D eigenvalue weighted by Gasteiger charge is 2.27. The number of esters is 1. The van der Waals surface area contributed by atoms with E-state index in [0.717, 1.165) is 0 Å². The zero-order chi connectivity index (χ0) is 16.8. The number of hydrogen-bond acceptors (Lipinski definition) is 4. The molecule has 1 aliphatic rings. The lowest BCUT2D eigenvalue weighted by atomic mass is 9.97. The van der Waals surface area contributed by atoms with E-state index in [1.807, 2.05) is 0 Å². The van der Waals surface area contributed by atoms with Gasteiger partial charge in [-0.2, -0.15) is 0 Å². The van der Waals surface area contributed by atoms with Crippen LogP contribution in [0.25, 0.3) is 0 Å². The van der Waals surface area contributed by atoms with Crippen molar-refractivity contribution in [2.24, 2.45) is 5.92 Å². The molecular weight excluding hydrogens is 339 g/mol. The number of nitrogens with one attached hydrogen (secondary N) is 1. The van der Waals surface area contributed by atoms with Gasteiger partial charge in [0.25, 0.3) is 0 Å². The third-order valence-electron chi connectivity index (χ3n) is 3.83. The summed E-state index contributed by atoms with van der Waals surface area (Å²) in [5, 5.41) is 4.08. The lowest BCUT2D eigenvalue weighted by molar-refractivity contribution is -0.151. The first-order valence-corrected chi connectivity index (χ1v) is 8.40. The Balaban J connectivity index is 1.81. The summed E-state index contributed by atoms with van der Waals surface area (Å²) in [6.07, 6.45) is 1.28. The number of anilines is 1. The Bertz CT molecular complexity index is 572. The molecular formula is C16H20Cl2N2O3. The number of amides is 1. The van der Waals surface area contributed by atoms with Crippen molar-refractivity contribution in [1.82, 2.24) is 4.90 Å². The molecule has 1 fully saturated rings. The van der Waals surface area contributed by atoms with E-state index in [1.165, 1.54) is 0 Å². The quantitative estimate of drug-likeness (QED) is 0.821. The Morgan fingerprint density at radius 2 is 2.00 bits per heavy atom. The highest BCUT2D eigenvalue weighted by atomic mass is 35.5. The van der Waals surface area contributed by atoms with Gasteiger partial charge in [-0.05, 0) is 38.0 Å². The fourth-order valence-electron chi connectivity index (χ4n) is 2.54. The summed E-state index contributed by atoms with van der Waals surface area (Å²) in [4.78, 5) is 25.7. The Hall–Kier alpha value is -1.46. The number of piperidine rings is 1. The maximum Gasteiger partial charge on any atom is 0.309 e. The van der Waals surface area contributed by atoms with Crippen LogP contribution in [0, 0.1) is 5.92 Å². The summed E-state index contributed by atoms with van der Waals surface area (Å²) in [6, 6.07) is 5.06. The number of likely N-dealkylation sites (tertiary alicyclic amines) is 1. The average Bonchev–Trinajstić information content (AvgIpc) is 2.55. The van der Waals surface area contributed by atoms with Gasteiger partial charge in [0.15, 0.2) is 0 Å². The monoisotopic (exact) mass is 358 g/mol. The zero-order valence-corrected chi connectivity index (χ0v) is 14.5. The standard InChI is InChI=1S/C16H20Cl2N2O3/c1-2-23-16(22)11-5-7-20(8-6-11)15(21)10-19-14-9-12(17)3-4-13(14)18/h3-4,9,11,19H,2,5-8,10H2,1H3. The number of rotatable bonds is 5. The highest BCUT2D eigenvalue weighted by Crippen LogP contribution is 2.25. The van der Waals surface area contributed by atoms with Crippen LogP contribution in [0.1, 0.15) is 19.8 Å². The van der Waals surface area contributed by atoms with Gasteiger partial charge >= 0.3 is 5.97 Å². The third kappa shape index (κ3) is 5.01. The fraction of sp³-hybridized carbons (Fsp3) is 0.500. The maximum absolute atomic E-state index is 12.2. The van der Waals surface area contributed by atoms with Crippen LogP contribution in [0.5, 0.6) is 0 Å². The number of benzene rings is 1. The summed E-state index contributed by atoms with van der Waals surface area (Å²) in [5.41, 5.74) is 0.633. The van der Waals surface area contributed by atoms with Crippen molar-refractivity contribution >= 4 is 40.8 Å². The molecule has 0 spiro atoms. The molecule has 1 heterocycles. The number of hydrogen-bond donors (Lipinski definition) is 1. The number of nitrogens with zero attached hydrogens (tertiary/aromatic N) is 1. The Kier molecular flexibility index (Phi) is 6.54. The molecule has 0 unspecified atom stereocenters. The molecule has 0 radical (unpaired) electrons. The number of ether oxygens (including phenoxy) is 1. The van der Waals surface area contributed by atoms with Crippen molar-refractivity contribution in [2.45, 2.75) is 19.8 Å². The van der Waals surface area contributed by atoms with Crippen molar-refractivity contribution in [3.8, 4) is 0 Å². The van der Waals surface area contributed by atoms with E-state index in [4.69, 9.17) is 27.9 Å². The second kappa shape index (κ2) is 8.41. The fourth-order valence-corrected chi connectivity index (χ4v) is 2.90. The van der Waals surface area contributed by atoms with E-state index in [2.05, 4.69) is 5.32 Å². The molecule has 0 saturated carbocycles. The van der Waals surface area contributed by atoms with Crippen LogP contribution >= 0.6 is 23.2 Å². The second-order valence-corrected chi connectivity index (χ2v) is 6.23. The van der Waals surface area contributed by atoms with Crippen LogP contribution in [0.3, 0.4) is 0 Å². The van der Waals surface area contributed by atoms with E-state index >= 15 is 0 Å². The minimum Gasteiger partial charge on any atom is -0.466 e. The van der Waals surface area contributed by atoms with E-state index in [0.29, 0.717) is 48.3 Å². The van der Waals surface area contributed by atoms with E-state index in [-0.39, 0.29) is 24.3 Å². The second-order valence-electron chi connectivity index (χ2n) is 5.38. The topological polar surface area (TPSA) is 58.6 Å². The Morgan fingerprint density at radius 3 is 2.65 bits per heavy atom. The Morgan fingerprint density at radius 1 is 1.30 bits per heavy atom. The van der Waals surface area contributed by atoms with E-state index in [1.54, 1.807) is 30.0 Å².